The van der Waals surface area contributed by atoms with Gasteiger partial charge in [0.25, 0.3) is 11.5 Å². The number of rotatable bonds is 9. The summed E-state index contributed by atoms with van der Waals surface area (Å²) in [5.41, 5.74) is 4.46. The smallest absolute Gasteiger partial charge is 0.336 e. The van der Waals surface area contributed by atoms with Crippen molar-refractivity contribution in [1.29, 1.82) is 0 Å². The standard InChI is InChI=1S/C35H34N4O4/c1-4-25-11-14-28(15-12-25)39-34(42)29-16-13-27(33(41)36-19-18-26-8-6-5-7-9-26)21-31(29)38(35(39)43)22-32(40)37-30-17-10-23(2)20-24(30)3/h5-17,20-21H,4,18-19,22H2,1-3H3,(H,36,41)(H,37,40). The van der Waals surface area contributed by atoms with Crippen molar-refractivity contribution >= 4 is 28.4 Å². The second-order valence-corrected chi connectivity index (χ2v) is 10.6. The highest BCUT2D eigenvalue weighted by molar-refractivity contribution is 5.98. The van der Waals surface area contributed by atoms with E-state index >= 15 is 0 Å². The summed E-state index contributed by atoms with van der Waals surface area (Å²) in [6, 6.07) is 27.3. The van der Waals surface area contributed by atoms with Crippen molar-refractivity contribution in [3.63, 3.8) is 0 Å². The minimum Gasteiger partial charge on any atom is -0.352 e. The van der Waals surface area contributed by atoms with Gasteiger partial charge >= 0.3 is 5.69 Å². The molecule has 0 aliphatic heterocycles. The Balaban J connectivity index is 1.53. The van der Waals surface area contributed by atoms with Gasteiger partial charge in [0.05, 0.1) is 16.6 Å². The molecule has 1 aromatic heterocycles. The average Bonchev–Trinajstić information content (AvgIpc) is 3.01. The van der Waals surface area contributed by atoms with E-state index in [2.05, 4.69) is 10.6 Å². The zero-order chi connectivity index (χ0) is 30.5. The maximum atomic E-state index is 13.9. The molecule has 8 nitrogen and oxygen atoms in total. The molecule has 1 heterocycles. The fraction of sp³-hybridized carbons (Fsp3) is 0.200. The molecule has 0 radical (unpaired) electrons. The molecular formula is C35H34N4O4. The minimum atomic E-state index is -0.667. The summed E-state index contributed by atoms with van der Waals surface area (Å²) in [6.45, 7) is 5.95. The Hall–Kier alpha value is -5.24. The monoisotopic (exact) mass is 574 g/mol. The minimum absolute atomic E-state index is 0.211. The number of benzene rings is 4. The highest BCUT2D eigenvalue weighted by atomic mass is 16.2. The topological polar surface area (TPSA) is 102 Å². The molecular weight excluding hydrogens is 540 g/mol. The molecule has 2 N–H and O–H groups in total. The number of anilines is 1. The molecule has 0 fully saturated rings. The lowest BCUT2D eigenvalue weighted by molar-refractivity contribution is -0.116. The van der Waals surface area contributed by atoms with Crippen molar-refractivity contribution in [1.82, 2.24) is 14.5 Å². The number of carbonyl (C=O) groups is 2. The quantitative estimate of drug-likeness (QED) is 0.260. The molecule has 0 unspecified atom stereocenters. The maximum Gasteiger partial charge on any atom is 0.336 e. The van der Waals surface area contributed by atoms with Gasteiger partial charge in [-0.1, -0.05) is 67.1 Å². The van der Waals surface area contributed by atoms with E-state index in [1.807, 2.05) is 81.4 Å². The number of carbonyl (C=O) groups excluding carboxylic acids is 2. The summed E-state index contributed by atoms with van der Waals surface area (Å²) in [6.07, 6.45) is 1.47. The van der Waals surface area contributed by atoms with Crippen molar-refractivity contribution in [2.45, 2.75) is 40.2 Å². The fourth-order valence-electron chi connectivity index (χ4n) is 5.12. The van der Waals surface area contributed by atoms with Crippen LogP contribution < -0.4 is 21.9 Å². The third-order valence-electron chi connectivity index (χ3n) is 7.51. The van der Waals surface area contributed by atoms with Gasteiger partial charge in [-0.3, -0.25) is 19.0 Å². The first kappa shape index (κ1) is 29.3. The Morgan fingerprint density at radius 3 is 2.26 bits per heavy atom. The summed E-state index contributed by atoms with van der Waals surface area (Å²) in [5, 5.41) is 6.01. The predicted octanol–water partition coefficient (Wildman–Crippen LogP) is 4.94. The van der Waals surface area contributed by atoms with Crippen molar-refractivity contribution in [3.05, 3.63) is 140 Å². The van der Waals surface area contributed by atoms with E-state index in [1.165, 1.54) is 10.6 Å². The van der Waals surface area contributed by atoms with Gasteiger partial charge in [-0.25, -0.2) is 9.36 Å². The van der Waals surface area contributed by atoms with E-state index in [0.717, 1.165) is 33.2 Å². The van der Waals surface area contributed by atoms with E-state index in [1.54, 1.807) is 24.3 Å². The van der Waals surface area contributed by atoms with Crippen LogP contribution in [0.25, 0.3) is 16.6 Å². The van der Waals surface area contributed by atoms with E-state index in [9.17, 15) is 19.2 Å². The van der Waals surface area contributed by atoms with Crippen LogP contribution in [-0.4, -0.2) is 27.5 Å². The van der Waals surface area contributed by atoms with Gasteiger partial charge < -0.3 is 10.6 Å². The van der Waals surface area contributed by atoms with Crippen LogP contribution in [0.1, 0.15) is 39.5 Å². The van der Waals surface area contributed by atoms with Gasteiger partial charge in [-0.05, 0) is 79.8 Å². The zero-order valence-electron chi connectivity index (χ0n) is 24.5. The molecule has 4 aromatic carbocycles. The van der Waals surface area contributed by atoms with Gasteiger partial charge in [0, 0.05) is 17.8 Å². The second-order valence-electron chi connectivity index (χ2n) is 10.6. The van der Waals surface area contributed by atoms with Crippen molar-refractivity contribution in [2.75, 3.05) is 11.9 Å². The molecule has 2 amide bonds. The molecule has 0 saturated heterocycles. The molecule has 0 bridgehead atoms. The summed E-state index contributed by atoms with van der Waals surface area (Å²) in [4.78, 5) is 53.9. The second kappa shape index (κ2) is 12.7. The Morgan fingerprint density at radius 1 is 0.814 bits per heavy atom. The molecule has 5 aromatic rings. The summed E-state index contributed by atoms with van der Waals surface area (Å²) in [7, 11) is 0. The van der Waals surface area contributed by atoms with Crippen molar-refractivity contribution in [2.24, 2.45) is 0 Å². The normalized spacial score (nSPS) is 11.0. The predicted molar refractivity (Wildman–Crippen MR) is 170 cm³/mol. The van der Waals surface area contributed by atoms with E-state index in [4.69, 9.17) is 0 Å². The van der Waals surface area contributed by atoms with E-state index in [-0.39, 0.29) is 28.9 Å². The average molecular weight is 575 g/mol. The molecule has 0 saturated carbocycles. The number of hydrogen-bond donors (Lipinski definition) is 2. The molecule has 0 aliphatic rings. The van der Waals surface area contributed by atoms with Crippen LogP contribution >= 0.6 is 0 Å². The molecule has 0 aliphatic carbocycles. The lowest BCUT2D eigenvalue weighted by Crippen LogP contribution is -2.41. The molecule has 8 heteroatoms. The van der Waals surface area contributed by atoms with Gasteiger partial charge in [0.2, 0.25) is 5.91 Å². The first-order valence-corrected chi connectivity index (χ1v) is 14.3. The molecule has 43 heavy (non-hydrogen) atoms. The number of nitrogens with zero attached hydrogens (tertiary/aromatic N) is 2. The Bertz CT molecular complexity index is 1920. The number of aryl methyl sites for hydroxylation is 3. The van der Waals surface area contributed by atoms with Crippen LogP contribution in [-0.2, 0) is 24.2 Å². The number of hydrogen-bond acceptors (Lipinski definition) is 4. The van der Waals surface area contributed by atoms with E-state index < -0.39 is 17.2 Å². The summed E-state index contributed by atoms with van der Waals surface area (Å²) in [5.74, 6) is -0.768. The first-order chi connectivity index (χ1) is 20.7. The number of aromatic nitrogens is 2. The van der Waals surface area contributed by atoms with Gasteiger partial charge in [-0.2, -0.15) is 0 Å². The van der Waals surface area contributed by atoms with E-state index in [0.29, 0.717) is 24.3 Å². The SMILES string of the molecule is CCc1ccc(-n2c(=O)c3ccc(C(=O)NCCc4ccccc4)cc3n(CC(=O)Nc3ccc(C)cc3C)c2=O)cc1. The third-order valence-corrected chi connectivity index (χ3v) is 7.51. The molecule has 218 valence electrons. The largest absolute Gasteiger partial charge is 0.352 e. The van der Waals surface area contributed by atoms with Crippen LogP contribution in [0, 0.1) is 13.8 Å². The molecule has 0 atom stereocenters. The van der Waals surface area contributed by atoms with Gasteiger partial charge in [-0.15, -0.1) is 0 Å². The maximum absolute atomic E-state index is 13.9. The van der Waals surface area contributed by atoms with Crippen LogP contribution in [0.15, 0.2) is 101 Å². The third kappa shape index (κ3) is 6.48. The highest BCUT2D eigenvalue weighted by Crippen LogP contribution is 2.18. The lowest BCUT2D eigenvalue weighted by atomic mass is 10.1. The van der Waals surface area contributed by atoms with Crippen LogP contribution in [0.5, 0.6) is 0 Å². The summed E-state index contributed by atoms with van der Waals surface area (Å²) < 4.78 is 2.33. The summed E-state index contributed by atoms with van der Waals surface area (Å²) >= 11 is 0. The fourth-order valence-corrected chi connectivity index (χ4v) is 5.12. The highest BCUT2D eigenvalue weighted by Gasteiger charge is 2.19. The van der Waals surface area contributed by atoms with Crippen LogP contribution in [0.4, 0.5) is 5.69 Å². The number of nitrogens with one attached hydrogen (secondary N) is 2. The Morgan fingerprint density at radius 2 is 1.56 bits per heavy atom. The van der Waals surface area contributed by atoms with Gasteiger partial charge in [0.15, 0.2) is 0 Å². The van der Waals surface area contributed by atoms with Crippen molar-refractivity contribution in [3.8, 4) is 5.69 Å². The van der Waals surface area contributed by atoms with Crippen molar-refractivity contribution < 1.29 is 9.59 Å². The Kier molecular flexibility index (Phi) is 8.66. The molecule has 0 spiro atoms. The zero-order valence-corrected chi connectivity index (χ0v) is 24.5. The number of amides is 2. The Labute approximate surface area is 249 Å². The lowest BCUT2D eigenvalue weighted by Gasteiger charge is -2.16. The van der Waals surface area contributed by atoms with Crippen LogP contribution in [0.3, 0.4) is 0 Å². The van der Waals surface area contributed by atoms with Crippen LogP contribution in [0.2, 0.25) is 0 Å². The first-order valence-electron chi connectivity index (χ1n) is 14.3. The number of fused-ring (bicyclic) bond motifs is 1. The van der Waals surface area contributed by atoms with Gasteiger partial charge in [0.1, 0.15) is 6.54 Å². The molecule has 5 rings (SSSR count).